The lowest BCUT2D eigenvalue weighted by atomic mass is 10.1. The molecule has 1 unspecified atom stereocenters. The Labute approximate surface area is 54.8 Å². The molecule has 0 saturated heterocycles. The van der Waals surface area contributed by atoms with Gasteiger partial charge in [-0.15, -0.1) is 0 Å². The zero-order chi connectivity index (χ0) is 6.69. The Bertz CT molecular complexity index is 168. The molecule has 1 rings (SSSR count). The fraction of sp³-hybridized carbons (Fsp3) is 0.286. The van der Waals surface area contributed by atoms with E-state index < -0.39 is 0 Å². The quantitative estimate of drug-likeness (QED) is 0.528. The van der Waals surface area contributed by atoms with Crippen LogP contribution in [0.3, 0.4) is 0 Å². The van der Waals surface area contributed by atoms with Crippen LogP contribution >= 0.6 is 0 Å². The molecule has 2 N–H and O–H groups in total. The molecule has 0 aromatic heterocycles. The Hall–Kier alpha value is -0.890. The fourth-order valence-electron chi connectivity index (χ4n) is 0.794. The Balaban J connectivity index is 2.66. The summed E-state index contributed by atoms with van der Waals surface area (Å²) in [5, 5.41) is 10.3. The van der Waals surface area contributed by atoms with E-state index in [2.05, 4.69) is 5.32 Å². The number of likely N-dealkylation sites (N-methyl/N-ethyl adjacent to an activating group) is 1. The highest BCUT2D eigenvalue weighted by molar-refractivity contribution is 5.99. The summed E-state index contributed by atoms with van der Waals surface area (Å²) in [6.07, 6.45) is 7.57. The van der Waals surface area contributed by atoms with Gasteiger partial charge in [0.25, 0.3) is 0 Å². The van der Waals surface area contributed by atoms with Crippen LogP contribution in [0.2, 0.25) is 0 Å². The van der Waals surface area contributed by atoms with Gasteiger partial charge < -0.3 is 10.7 Å². The average molecular weight is 122 g/mol. The third kappa shape index (κ3) is 1.27. The van der Waals surface area contributed by atoms with Gasteiger partial charge >= 0.3 is 0 Å². The highest BCUT2D eigenvalue weighted by atomic mass is 14.9. The first-order valence-electron chi connectivity index (χ1n) is 2.95. The largest absolute Gasteiger partial charge is 0.309 e. The van der Waals surface area contributed by atoms with Gasteiger partial charge in [0.05, 0.1) is 11.8 Å². The molecule has 0 heterocycles. The molecular weight excluding hydrogens is 112 g/mol. The molecule has 9 heavy (non-hydrogen) atoms. The molecule has 0 bridgehead atoms. The SMILES string of the molecule is CNC1C=CC=CC1=N. The van der Waals surface area contributed by atoms with E-state index in [-0.39, 0.29) is 6.04 Å². The summed E-state index contributed by atoms with van der Waals surface area (Å²) in [5.74, 6) is 0. The summed E-state index contributed by atoms with van der Waals surface area (Å²) in [6, 6.07) is 0.120. The highest BCUT2D eigenvalue weighted by Crippen LogP contribution is 1.97. The van der Waals surface area contributed by atoms with Gasteiger partial charge in [0.15, 0.2) is 0 Å². The van der Waals surface area contributed by atoms with Crippen LogP contribution in [-0.4, -0.2) is 18.8 Å². The van der Waals surface area contributed by atoms with E-state index in [1.165, 1.54) is 0 Å². The minimum absolute atomic E-state index is 0.120. The minimum atomic E-state index is 0.120. The number of nitrogens with one attached hydrogen (secondary N) is 2. The molecule has 0 amide bonds. The van der Waals surface area contributed by atoms with Crippen molar-refractivity contribution in [3.63, 3.8) is 0 Å². The zero-order valence-corrected chi connectivity index (χ0v) is 5.39. The Morgan fingerprint density at radius 1 is 1.56 bits per heavy atom. The van der Waals surface area contributed by atoms with Crippen molar-refractivity contribution in [3.8, 4) is 0 Å². The molecule has 1 aliphatic rings. The van der Waals surface area contributed by atoms with E-state index in [9.17, 15) is 0 Å². The average Bonchev–Trinajstić information content (AvgIpc) is 1.89. The van der Waals surface area contributed by atoms with Crippen LogP contribution in [0.1, 0.15) is 0 Å². The van der Waals surface area contributed by atoms with Crippen LogP contribution in [0.15, 0.2) is 24.3 Å². The van der Waals surface area contributed by atoms with Crippen LogP contribution < -0.4 is 5.32 Å². The van der Waals surface area contributed by atoms with Crippen molar-refractivity contribution >= 4 is 5.71 Å². The highest BCUT2D eigenvalue weighted by Gasteiger charge is 2.06. The van der Waals surface area contributed by atoms with Crippen molar-refractivity contribution in [1.29, 1.82) is 5.41 Å². The first kappa shape index (κ1) is 6.23. The van der Waals surface area contributed by atoms with Gasteiger partial charge in [0, 0.05) is 0 Å². The van der Waals surface area contributed by atoms with Crippen LogP contribution in [0.25, 0.3) is 0 Å². The molecule has 0 aliphatic heterocycles. The molecule has 2 nitrogen and oxygen atoms in total. The normalized spacial score (nSPS) is 25.0. The zero-order valence-electron chi connectivity index (χ0n) is 5.39. The minimum Gasteiger partial charge on any atom is -0.309 e. The Morgan fingerprint density at radius 3 is 2.78 bits per heavy atom. The molecular formula is C7H10N2. The third-order valence-corrected chi connectivity index (χ3v) is 1.34. The van der Waals surface area contributed by atoms with Gasteiger partial charge in [0.1, 0.15) is 0 Å². The second-order valence-corrected chi connectivity index (χ2v) is 1.97. The summed E-state index contributed by atoms with van der Waals surface area (Å²) in [7, 11) is 1.85. The van der Waals surface area contributed by atoms with E-state index in [0.717, 1.165) is 0 Å². The van der Waals surface area contributed by atoms with Gasteiger partial charge in [-0.25, -0.2) is 0 Å². The van der Waals surface area contributed by atoms with Gasteiger partial charge in [-0.3, -0.25) is 0 Å². The third-order valence-electron chi connectivity index (χ3n) is 1.34. The van der Waals surface area contributed by atoms with Gasteiger partial charge in [0.2, 0.25) is 0 Å². The smallest absolute Gasteiger partial charge is 0.0674 e. The van der Waals surface area contributed by atoms with E-state index in [1.54, 1.807) is 6.08 Å². The first-order valence-corrected chi connectivity index (χ1v) is 2.95. The molecule has 48 valence electrons. The summed E-state index contributed by atoms with van der Waals surface area (Å²) >= 11 is 0. The molecule has 2 heteroatoms. The molecule has 0 aromatic rings. The van der Waals surface area contributed by atoms with Crippen LogP contribution in [0, 0.1) is 5.41 Å². The topological polar surface area (TPSA) is 35.9 Å². The van der Waals surface area contributed by atoms with Crippen molar-refractivity contribution in [2.75, 3.05) is 7.05 Å². The number of rotatable bonds is 1. The van der Waals surface area contributed by atoms with Crippen molar-refractivity contribution in [3.05, 3.63) is 24.3 Å². The number of hydrogen-bond donors (Lipinski definition) is 2. The van der Waals surface area contributed by atoms with Gasteiger partial charge in [-0.2, -0.15) is 0 Å². The van der Waals surface area contributed by atoms with E-state index in [0.29, 0.717) is 5.71 Å². The summed E-state index contributed by atoms with van der Waals surface area (Å²) in [5.41, 5.74) is 0.625. The lowest BCUT2D eigenvalue weighted by Crippen LogP contribution is -2.31. The monoisotopic (exact) mass is 122 g/mol. The van der Waals surface area contributed by atoms with Crippen LogP contribution in [0.5, 0.6) is 0 Å². The molecule has 1 aliphatic carbocycles. The predicted molar refractivity (Wildman–Crippen MR) is 38.9 cm³/mol. The maximum Gasteiger partial charge on any atom is 0.0674 e. The van der Waals surface area contributed by atoms with E-state index in [1.807, 2.05) is 25.3 Å². The van der Waals surface area contributed by atoms with Crippen molar-refractivity contribution < 1.29 is 0 Å². The number of allylic oxidation sites excluding steroid dienone is 2. The predicted octanol–water partition coefficient (Wildman–Crippen LogP) is 0.720. The first-order chi connectivity index (χ1) is 4.34. The second kappa shape index (κ2) is 2.60. The Kier molecular flexibility index (Phi) is 1.80. The Morgan fingerprint density at radius 2 is 2.33 bits per heavy atom. The van der Waals surface area contributed by atoms with Crippen LogP contribution in [-0.2, 0) is 0 Å². The molecule has 0 aromatic carbocycles. The molecule has 0 saturated carbocycles. The van der Waals surface area contributed by atoms with Crippen LogP contribution in [0.4, 0.5) is 0 Å². The lowest BCUT2D eigenvalue weighted by molar-refractivity contribution is 0.819. The summed E-state index contributed by atoms with van der Waals surface area (Å²) < 4.78 is 0. The molecule has 1 atom stereocenters. The van der Waals surface area contributed by atoms with Gasteiger partial charge in [-0.05, 0) is 13.1 Å². The maximum atomic E-state index is 7.35. The van der Waals surface area contributed by atoms with E-state index in [4.69, 9.17) is 5.41 Å². The van der Waals surface area contributed by atoms with Gasteiger partial charge in [-0.1, -0.05) is 18.2 Å². The fourth-order valence-corrected chi connectivity index (χ4v) is 0.794. The molecule has 0 radical (unpaired) electrons. The van der Waals surface area contributed by atoms with Crippen molar-refractivity contribution in [2.45, 2.75) is 6.04 Å². The van der Waals surface area contributed by atoms with Crippen molar-refractivity contribution in [2.24, 2.45) is 0 Å². The van der Waals surface area contributed by atoms with Crippen molar-refractivity contribution in [1.82, 2.24) is 5.32 Å². The second-order valence-electron chi connectivity index (χ2n) is 1.97. The standard InChI is InChI=1S/C7H10N2/c1-9-7-5-3-2-4-6(7)8/h2-5,7-9H,1H3. The maximum absolute atomic E-state index is 7.35. The lowest BCUT2D eigenvalue weighted by Gasteiger charge is -2.11. The molecule has 0 fully saturated rings. The number of hydrogen-bond acceptors (Lipinski definition) is 2. The summed E-state index contributed by atoms with van der Waals surface area (Å²) in [6.45, 7) is 0. The summed E-state index contributed by atoms with van der Waals surface area (Å²) in [4.78, 5) is 0. The van der Waals surface area contributed by atoms with E-state index >= 15 is 0 Å². The molecule has 0 spiro atoms.